The zero-order chi connectivity index (χ0) is 14.2. The van der Waals surface area contributed by atoms with Crippen molar-refractivity contribution in [2.75, 3.05) is 0 Å². The van der Waals surface area contributed by atoms with Gasteiger partial charge < -0.3 is 0 Å². The van der Waals surface area contributed by atoms with Crippen LogP contribution in [0.25, 0.3) is 0 Å². The molecule has 0 N–H and O–H groups in total. The van der Waals surface area contributed by atoms with Crippen LogP contribution in [0.1, 0.15) is 47.0 Å². The van der Waals surface area contributed by atoms with Gasteiger partial charge in [-0.05, 0) is 41.7 Å². The number of rotatable bonds is 2. The van der Waals surface area contributed by atoms with E-state index in [2.05, 4.69) is 26.8 Å². The van der Waals surface area contributed by atoms with Gasteiger partial charge in [-0.3, -0.25) is 0 Å². The summed E-state index contributed by atoms with van der Waals surface area (Å²) in [6.45, 7) is 8.29. The van der Waals surface area contributed by atoms with Crippen molar-refractivity contribution in [3.8, 4) is 0 Å². The molecule has 0 aliphatic rings. The lowest BCUT2D eigenvalue weighted by Gasteiger charge is -2.15. The molecule has 2 rings (SSSR count). The number of thiophene rings is 1. The van der Waals surface area contributed by atoms with Crippen LogP contribution in [0.3, 0.4) is 0 Å². The smallest absolute Gasteiger partial charge is 0.126 e. The summed E-state index contributed by atoms with van der Waals surface area (Å²) >= 11 is 8.16. The minimum absolute atomic E-state index is 0.123. The maximum atomic E-state index is 13.6. The number of aryl methyl sites for hydroxylation is 1. The Morgan fingerprint density at radius 3 is 2.37 bits per heavy atom. The molecule has 0 saturated heterocycles. The number of hydrogen-bond acceptors (Lipinski definition) is 1. The van der Waals surface area contributed by atoms with Gasteiger partial charge in [0.15, 0.2) is 0 Å². The van der Waals surface area contributed by atoms with Gasteiger partial charge in [0.25, 0.3) is 0 Å². The number of hydrogen-bond donors (Lipinski definition) is 0. The monoisotopic (exact) mass is 296 g/mol. The van der Waals surface area contributed by atoms with Crippen LogP contribution in [0.5, 0.6) is 0 Å². The van der Waals surface area contributed by atoms with Crippen molar-refractivity contribution in [1.29, 1.82) is 0 Å². The molecule has 1 atom stereocenters. The van der Waals surface area contributed by atoms with Crippen molar-refractivity contribution in [1.82, 2.24) is 0 Å². The SMILES string of the molecule is Cc1ccc(C(Cl)c2ccc(C(C)(C)C)s2)cc1F. The van der Waals surface area contributed by atoms with Gasteiger partial charge in [0.1, 0.15) is 5.82 Å². The highest BCUT2D eigenvalue weighted by Gasteiger charge is 2.20. The summed E-state index contributed by atoms with van der Waals surface area (Å²) in [6.07, 6.45) is 0. The Bertz CT molecular complexity index is 581. The third kappa shape index (κ3) is 3.18. The molecule has 3 heteroatoms. The highest BCUT2D eigenvalue weighted by atomic mass is 35.5. The fourth-order valence-electron chi connectivity index (χ4n) is 1.82. The number of benzene rings is 1. The molecule has 102 valence electrons. The third-order valence-electron chi connectivity index (χ3n) is 3.10. The minimum atomic E-state index is -0.281. The average Bonchev–Trinajstić information content (AvgIpc) is 2.81. The molecule has 0 radical (unpaired) electrons. The molecule has 0 aliphatic carbocycles. The molecule has 0 aliphatic heterocycles. The van der Waals surface area contributed by atoms with Crippen molar-refractivity contribution in [3.63, 3.8) is 0 Å². The highest BCUT2D eigenvalue weighted by Crippen LogP contribution is 2.38. The summed E-state index contributed by atoms with van der Waals surface area (Å²) in [5.41, 5.74) is 1.58. The fourth-order valence-corrected chi connectivity index (χ4v) is 3.24. The summed E-state index contributed by atoms with van der Waals surface area (Å²) in [6, 6.07) is 9.36. The van der Waals surface area contributed by atoms with Crippen LogP contribution in [-0.2, 0) is 5.41 Å². The molecule has 1 heterocycles. The second-order valence-electron chi connectivity index (χ2n) is 5.82. The predicted molar refractivity (Wildman–Crippen MR) is 81.9 cm³/mol. The van der Waals surface area contributed by atoms with Gasteiger partial charge in [0.05, 0.1) is 5.38 Å². The van der Waals surface area contributed by atoms with E-state index in [0.29, 0.717) is 5.56 Å². The van der Waals surface area contributed by atoms with Gasteiger partial charge >= 0.3 is 0 Å². The van der Waals surface area contributed by atoms with Crippen LogP contribution in [0.2, 0.25) is 0 Å². The molecular formula is C16H18ClFS. The lowest BCUT2D eigenvalue weighted by molar-refractivity contribution is 0.604. The maximum absolute atomic E-state index is 13.6. The third-order valence-corrected chi connectivity index (χ3v) is 5.30. The molecular weight excluding hydrogens is 279 g/mol. The van der Waals surface area contributed by atoms with E-state index in [1.807, 2.05) is 12.1 Å². The zero-order valence-corrected chi connectivity index (χ0v) is 13.2. The lowest BCUT2D eigenvalue weighted by atomic mass is 9.95. The summed E-state index contributed by atoms with van der Waals surface area (Å²) < 4.78 is 13.6. The molecule has 0 amide bonds. The molecule has 0 fully saturated rings. The van der Waals surface area contributed by atoms with E-state index >= 15 is 0 Å². The maximum Gasteiger partial charge on any atom is 0.126 e. The first-order valence-electron chi connectivity index (χ1n) is 6.29. The molecule has 0 bridgehead atoms. The van der Waals surface area contributed by atoms with Crippen molar-refractivity contribution < 1.29 is 4.39 Å². The normalized spacial score (nSPS) is 13.6. The molecule has 1 aromatic carbocycles. The van der Waals surface area contributed by atoms with Crippen LogP contribution in [0.15, 0.2) is 30.3 Å². The standard InChI is InChI=1S/C16H18ClFS/c1-10-5-6-11(9-12(10)18)15(17)13-7-8-14(19-13)16(2,3)4/h5-9,15H,1-4H3. The first kappa shape index (κ1) is 14.5. The van der Waals surface area contributed by atoms with Crippen LogP contribution in [0, 0.1) is 12.7 Å². The molecule has 0 spiro atoms. The van der Waals surface area contributed by atoms with E-state index in [1.165, 1.54) is 10.9 Å². The Morgan fingerprint density at radius 1 is 1.16 bits per heavy atom. The second-order valence-corrected chi connectivity index (χ2v) is 7.37. The summed E-state index contributed by atoms with van der Waals surface area (Å²) in [7, 11) is 0. The molecule has 1 aromatic heterocycles. The van der Waals surface area contributed by atoms with Gasteiger partial charge in [-0.1, -0.05) is 32.9 Å². The molecule has 0 saturated carbocycles. The van der Waals surface area contributed by atoms with Gasteiger partial charge in [0.2, 0.25) is 0 Å². The lowest BCUT2D eigenvalue weighted by Crippen LogP contribution is -2.07. The van der Waals surface area contributed by atoms with Gasteiger partial charge in [-0.25, -0.2) is 4.39 Å². The van der Waals surface area contributed by atoms with Crippen LogP contribution >= 0.6 is 22.9 Å². The Kier molecular flexibility index (Phi) is 4.03. The van der Waals surface area contributed by atoms with E-state index in [4.69, 9.17) is 11.6 Å². The first-order chi connectivity index (χ1) is 8.79. The molecule has 0 nitrogen and oxygen atoms in total. The van der Waals surface area contributed by atoms with Crippen LogP contribution < -0.4 is 0 Å². The summed E-state index contributed by atoms with van der Waals surface area (Å²) in [5.74, 6) is -0.198. The van der Waals surface area contributed by atoms with E-state index in [-0.39, 0.29) is 16.6 Å². The number of alkyl halides is 1. The Morgan fingerprint density at radius 2 is 1.84 bits per heavy atom. The van der Waals surface area contributed by atoms with Gasteiger partial charge in [-0.15, -0.1) is 22.9 Å². The van der Waals surface area contributed by atoms with E-state index in [9.17, 15) is 4.39 Å². The summed E-state index contributed by atoms with van der Waals surface area (Å²) in [4.78, 5) is 2.36. The highest BCUT2D eigenvalue weighted by molar-refractivity contribution is 7.12. The van der Waals surface area contributed by atoms with E-state index < -0.39 is 0 Å². The predicted octanol–water partition coefficient (Wildman–Crippen LogP) is 5.82. The largest absolute Gasteiger partial charge is 0.207 e. The second kappa shape index (κ2) is 5.26. The van der Waals surface area contributed by atoms with Crippen LogP contribution in [-0.4, -0.2) is 0 Å². The summed E-state index contributed by atoms with van der Waals surface area (Å²) in [5, 5.41) is -0.281. The van der Waals surface area contributed by atoms with E-state index in [1.54, 1.807) is 24.3 Å². The van der Waals surface area contributed by atoms with Gasteiger partial charge in [0, 0.05) is 9.75 Å². The Labute approximate surface area is 123 Å². The van der Waals surface area contributed by atoms with Crippen molar-refractivity contribution >= 4 is 22.9 Å². The Balaban J connectivity index is 2.31. The van der Waals surface area contributed by atoms with Crippen molar-refractivity contribution in [2.24, 2.45) is 0 Å². The number of halogens is 2. The quantitative estimate of drug-likeness (QED) is 0.612. The fraction of sp³-hybridized carbons (Fsp3) is 0.375. The van der Waals surface area contributed by atoms with Gasteiger partial charge in [-0.2, -0.15) is 0 Å². The molecule has 19 heavy (non-hydrogen) atoms. The van der Waals surface area contributed by atoms with E-state index in [0.717, 1.165) is 10.4 Å². The first-order valence-corrected chi connectivity index (χ1v) is 7.54. The minimum Gasteiger partial charge on any atom is -0.207 e. The zero-order valence-electron chi connectivity index (χ0n) is 11.6. The molecule has 2 aromatic rings. The average molecular weight is 297 g/mol. The Hall–Kier alpha value is -0.860. The van der Waals surface area contributed by atoms with Crippen molar-refractivity contribution in [2.45, 2.75) is 38.5 Å². The topological polar surface area (TPSA) is 0 Å². The molecule has 1 unspecified atom stereocenters. The van der Waals surface area contributed by atoms with Crippen molar-refractivity contribution in [3.05, 3.63) is 57.0 Å². The van der Waals surface area contributed by atoms with Crippen LogP contribution in [0.4, 0.5) is 4.39 Å².